The van der Waals surface area contributed by atoms with Gasteiger partial charge >= 0.3 is 5.97 Å². The van der Waals surface area contributed by atoms with Crippen LogP contribution in [0.3, 0.4) is 0 Å². The lowest BCUT2D eigenvalue weighted by Crippen LogP contribution is -2.48. The molecule has 0 saturated carbocycles. The number of nitrogens with two attached hydrogens (primary N) is 2. The smallest absolute Gasteiger partial charge is 0.317 e. The number of nitrogens with zero attached hydrogens (tertiary/aromatic N) is 2. The number of aliphatic hydroxyl groups is 1. The highest BCUT2D eigenvalue weighted by atomic mass is 16.5. The van der Waals surface area contributed by atoms with E-state index in [0.717, 1.165) is 0 Å². The Morgan fingerprint density at radius 1 is 1.35 bits per heavy atom. The van der Waals surface area contributed by atoms with Crippen molar-refractivity contribution >= 4 is 11.9 Å². The van der Waals surface area contributed by atoms with Crippen LogP contribution in [0.2, 0.25) is 0 Å². The van der Waals surface area contributed by atoms with Gasteiger partial charge < -0.3 is 26.4 Å². The number of amides is 1. The fourth-order valence-electron chi connectivity index (χ4n) is 1.76. The molecule has 0 aromatic heterocycles. The summed E-state index contributed by atoms with van der Waals surface area (Å²) in [5, 5.41) is 17.8. The molecule has 0 aromatic rings. The highest BCUT2D eigenvalue weighted by molar-refractivity contribution is 5.75. The number of hydrogen-bond acceptors (Lipinski definition) is 7. The highest BCUT2D eigenvalue weighted by Gasteiger charge is 2.20. The van der Waals surface area contributed by atoms with E-state index in [0.29, 0.717) is 6.54 Å². The first-order valence-electron chi connectivity index (χ1n) is 6.25. The topological polar surface area (TPSA) is 142 Å². The first-order valence-corrected chi connectivity index (χ1v) is 6.25. The van der Waals surface area contributed by atoms with Gasteiger partial charge in [-0.3, -0.25) is 19.4 Å². The molecular weight excluding hydrogens is 268 g/mol. The number of carboxylic acids is 1. The van der Waals surface area contributed by atoms with Crippen molar-refractivity contribution in [1.82, 2.24) is 9.80 Å². The maximum absolute atomic E-state index is 10.9. The summed E-state index contributed by atoms with van der Waals surface area (Å²) in [6.45, 7) is 2.22. The molecule has 0 saturated heterocycles. The number of rotatable bonds is 12. The molecule has 0 aliphatic heterocycles. The Balaban J connectivity index is 4.53. The average Bonchev–Trinajstić information content (AvgIpc) is 2.33. The van der Waals surface area contributed by atoms with E-state index in [9.17, 15) is 9.59 Å². The van der Waals surface area contributed by atoms with Crippen molar-refractivity contribution in [3.63, 3.8) is 0 Å². The third kappa shape index (κ3) is 8.77. The first-order chi connectivity index (χ1) is 9.40. The van der Waals surface area contributed by atoms with E-state index in [2.05, 4.69) is 0 Å². The summed E-state index contributed by atoms with van der Waals surface area (Å²) in [5.74, 6) is -1.49. The molecule has 0 spiro atoms. The molecule has 0 unspecified atom stereocenters. The van der Waals surface area contributed by atoms with Gasteiger partial charge in [0.05, 0.1) is 26.4 Å². The van der Waals surface area contributed by atoms with E-state index in [1.54, 1.807) is 16.7 Å². The Labute approximate surface area is 118 Å². The van der Waals surface area contributed by atoms with Crippen molar-refractivity contribution < 1.29 is 24.5 Å². The second kappa shape index (κ2) is 10.5. The third-order valence-electron chi connectivity index (χ3n) is 2.65. The molecule has 0 radical (unpaired) electrons. The maximum atomic E-state index is 10.9. The Bertz CT molecular complexity index is 303. The quantitative estimate of drug-likeness (QED) is 0.287. The molecule has 6 N–H and O–H groups in total. The normalized spacial score (nSPS) is 12.8. The van der Waals surface area contributed by atoms with E-state index in [-0.39, 0.29) is 45.7 Å². The number of aliphatic carboxylic acids is 1. The fourth-order valence-corrected chi connectivity index (χ4v) is 1.76. The summed E-state index contributed by atoms with van der Waals surface area (Å²) in [4.78, 5) is 25.0. The Kier molecular flexibility index (Phi) is 9.86. The molecule has 0 aromatic carbocycles. The van der Waals surface area contributed by atoms with Gasteiger partial charge in [0, 0.05) is 19.1 Å². The zero-order valence-corrected chi connectivity index (χ0v) is 11.7. The summed E-state index contributed by atoms with van der Waals surface area (Å²) >= 11 is 0. The van der Waals surface area contributed by atoms with Gasteiger partial charge in [0.25, 0.3) is 0 Å². The van der Waals surface area contributed by atoms with Crippen LogP contribution in [0.5, 0.6) is 0 Å². The second-order valence-electron chi connectivity index (χ2n) is 4.41. The molecular formula is C11H24N4O5. The summed E-state index contributed by atoms with van der Waals surface area (Å²) in [5.41, 5.74) is 10.3. The molecule has 1 atom stereocenters. The predicted molar refractivity (Wildman–Crippen MR) is 71.5 cm³/mol. The van der Waals surface area contributed by atoms with Crippen molar-refractivity contribution in [2.75, 3.05) is 46.2 Å². The van der Waals surface area contributed by atoms with Gasteiger partial charge in [0.1, 0.15) is 6.73 Å². The van der Waals surface area contributed by atoms with Crippen LogP contribution in [0.1, 0.15) is 6.92 Å². The van der Waals surface area contributed by atoms with Crippen molar-refractivity contribution in [2.24, 2.45) is 11.5 Å². The second-order valence-corrected chi connectivity index (χ2v) is 4.41. The number of carboxylic acid groups (broad SMARTS) is 1. The van der Waals surface area contributed by atoms with Crippen LogP contribution in [0.4, 0.5) is 0 Å². The Morgan fingerprint density at radius 2 is 2.00 bits per heavy atom. The van der Waals surface area contributed by atoms with Crippen molar-refractivity contribution in [1.29, 1.82) is 0 Å². The van der Waals surface area contributed by atoms with E-state index >= 15 is 0 Å². The number of hydrogen-bond donors (Lipinski definition) is 4. The number of aliphatic hydroxyl groups excluding tert-OH is 1. The van der Waals surface area contributed by atoms with Crippen molar-refractivity contribution in [2.45, 2.75) is 13.0 Å². The van der Waals surface area contributed by atoms with Crippen molar-refractivity contribution in [3.8, 4) is 0 Å². The molecule has 9 nitrogen and oxygen atoms in total. The van der Waals surface area contributed by atoms with E-state index in [1.807, 2.05) is 0 Å². The van der Waals surface area contributed by atoms with Crippen molar-refractivity contribution in [3.05, 3.63) is 0 Å². The molecule has 0 aliphatic carbocycles. The summed E-state index contributed by atoms with van der Waals surface area (Å²) < 4.78 is 5.02. The van der Waals surface area contributed by atoms with Crippen LogP contribution in [0, 0.1) is 0 Å². The van der Waals surface area contributed by atoms with Gasteiger partial charge in [-0.25, -0.2) is 0 Å². The van der Waals surface area contributed by atoms with Gasteiger partial charge in [-0.15, -0.1) is 0 Å². The summed E-state index contributed by atoms with van der Waals surface area (Å²) in [6, 6.07) is -0.205. The number of primary amides is 1. The number of carbonyl (C=O) groups is 2. The molecule has 0 fully saturated rings. The molecule has 9 heteroatoms. The minimum absolute atomic E-state index is 0.00353. The monoisotopic (exact) mass is 292 g/mol. The third-order valence-corrected chi connectivity index (χ3v) is 2.65. The van der Waals surface area contributed by atoms with Gasteiger partial charge in [-0.05, 0) is 6.92 Å². The minimum atomic E-state index is -0.985. The molecule has 20 heavy (non-hydrogen) atoms. The Morgan fingerprint density at radius 3 is 2.45 bits per heavy atom. The standard InChI is InChI=1S/C11H24N4O5/c1-9(4-14(2-3-16)5-10(13)17)15(6-11(18)19)8-20-7-12/h9,16H,2-8,12H2,1H3,(H2,13,17)(H,18,19)/t9-/m0/s1. The molecule has 0 rings (SSSR count). The number of carbonyl (C=O) groups excluding carboxylic acids is 1. The number of ether oxygens (including phenoxy) is 1. The van der Waals surface area contributed by atoms with Gasteiger partial charge in [0.15, 0.2) is 0 Å². The molecule has 0 bridgehead atoms. The molecule has 1 amide bonds. The minimum Gasteiger partial charge on any atom is -0.480 e. The van der Waals surface area contributed by atoms with Crippen LogP contribution >= 0.6 is 0 Å². The summed E-state index contributed by atoms with van der Waals surface area (Å²) in [7, 11) is 0. The van der Waals surface area contributed by atoms with Gasteiger partial charge in [0.2, 0.25) is 5.91 Å². The fraction of sp³-hybridized carbons (Fsp3) is 0.818. The van der Waals surface area contributed by atoms with Gasteiger partial charge in [-0.2, -0.15) is 0 Å². The molecule has 0 aliphatic rings. The zero-order valence-electron chi connectivity index (χ0n) is 11.7. The van der Waals surface area contributed by atoms with E-state index in [4.69, 9.17) is 26.4 Å². The van der Waals surface area contributed by atoms with Crippen LogP contribution in [0.25, 0.3) is 0 Å². The van der Waals surface area contributed by atoms with Crippen LogP contribution in [-0.4, -0.2) is 84.2 Å². The largest absolute Gasteiger partial charge is 0.480 e. The SMILES string of the molecule is C[C@@H](CN(CCO)CC(N)=O)N(COCN)CC(=O)O. The zero-order chi connectivity index (χ0) is 15.5. The van der Waals surface area contributed by atoms with Crippen LogP contribution in [0.15, 0.2) is 0 Å². The summed E-state index contributed by atoms with van der Waals surface area (Å²) in [6.07, 6.45) is 0. The first kappa shape index (κ1) is 18.7. The lowest BCUT2D eigenvalue weighted by molar-refractivity contribution is -0.141. The van der Waals surface area contributed by atoms with E-state index < -0.39 is 11.9 Å². The highest BCUT2D eigenvalue weighted by Crippen LogP contribution is 2.02. The lowest BCUT2D eigenvalue weighted by Gasteiger charge is -2.31. The lowest BCUT2D eigenvalue weighted by atomic mass is 10.2. The molecule has 118 valence electrons. The average molecular weight is 292 g/mol. The molecule has 0 heterocycles. The van der Waals surface area contributed by atoms with Crippen LogP contribution < -0.4 is 11.5 Å². The van der Waals surface area contributed by atoms with Gasteiger partial charge in [-0.1, -0.05) is 0 Å². The predicted octanol–water partition coefficient (Wildman–Crippen LogP) is -2.57. The van der Waals surface area contributed by atoms with E-state index in [1.165, 1.54) is 0 Å². The van der Waals surface area contributed by atoms with Crippen LogP contribution in [-0.2, 0) is 14.3 Å². The Hall–Kier alpha value is -1.26. The maximum Gasteiger partial charge on any atom is 0.317 e.